The summed E-state index contributed by atoms with van der Waals surface area (Å²) in [4.78, 5) is 29.3. The van der Waals surface area contributed by atoms with E-state index in [4.69, 9.17) is 4.74 Å². The summed E-state index contributed by atoms with van der Waals surface area (Å²) < 4.78 is 59.0. The molecule has 0 bridgehead atoms. The number of hydrogen-bond acceptors (Lipinski definition) is 4. The summed E-state index contributed by atoms with van der Waals surface area (Å²) in [5.41, 5.74) is -0.915. The molecule has 10 heteroatoms. The summed E-state index contributed by atoms with van der Waals surface area (Å²) in [6.45, 7) is 0.962. The zero-order chi connectivity index (χ0) is 22.6. The first-order valence-corrected chi connectivity index (χ1v) is 9.63. The van der Waals surface area contributed by atoms with E-state index in [1.807, 2.05) is 0 Å². The van der Waals surface area contributed by atoms with Crippen LogP contribution in [-0.2, 0) is 22.3 Å². The van der Waals surface area contributed by atoms with Gasteiger partial charge in [-0.15, -0.1) is 0 Å². The minimum atomic E-state index is -4.63. The standard InChI is InChI=1S/C21H21F4N3O3/c1-13(29)26-10-14-11-27-18(9-17(14)21(23,24)25)19-3-2-8-28(19)20(30)12-31-16-6-4-15(22)5-7-16/h4-7,9,11,19H,2-3,8,10,12H2,1H3,(H,26,29)/t19-/m1/s1. The number of aromatic nitrogens is 1. The number of carbonyl (C=O) groups excluding carboxylic acids is 2. The minimum absolute atomic E-state index is 0.131. The number of nitrogens with zero attached hydrogens (tertiary/aromatic N) is 2. The second kappa shape index (κ2) is 9.32. The summed E-state index contributed by atoms with van der Waals surface area (Å²) in [5, 5.41) is 2.34. The zero-order valence-corrected chi connectivity index (χ0v) is 16.7. The fourth-order valence-electron chi connectivity index (χ4n) is 3.44. The molecule has 1 saturated heterocycles. The minimum Gasteiger partial charge on any atom is -0.484 e. The van der Waals surface area contributed by atoms with E-state index in [2.05, 4.69) is 10.3 Å². The van der Waals surface area contributed by atoms with Gasteiger partial charge in [-0.2, -0.15) is 13.2 Å². The van der Waals surface area contributed by atoms with Gasteiger partial charge in [-0.3, -0.25) is 14.6 Å². The highest BCUT2D eigenvalue weighted by molar-refractivity contribution is 5.78. The number of carbonyl (C=O) groups is 2. The van der Waals surface area contributed by atoms with Gasteiger partial charge in [-0.1, -0.05) is 0 Å². The Hall–Kier alpha value is -3.17. The van der Waals surface area contributed by atoms with E-state index in [0.29, 0.717) is 25.1 Å². The van der Waals surface area contributed by atoms with Crippen molar-refractivity contribution in [2.24, 2.45) is 0 Å². The van der Waals surface area contributed by atoms with Crippen molar-refractivity contribution in [1.82, 2.24) is 15.2 Å². The SMILES string of the molecule is CC(=O)NCc1cnc([C@H]2CCCN2C(=O)COc2ccc(F)cc2)cc1C(F)(F)F. The molecular weight excluding hydrogens is 418 g/mol. The van der Waals surface area contributed by atoms with E-state index < -0.39 is 35.4 Å². The Morgan fingerprint density at radius 3 is 2.61 bits per heavy atom. The maximum atomic E-state index is 13.6. The predicted octanol–water partition coefficient (Wildman–Crippen LogP) is 3.62. The van der Waals surface area contributed by atoms with Crippen molar-refractivity contribution in [3.8, 4) is 5.75 Å². The van der Waals surface area contributed by atoms with Crippen molar-refractivity contribution >= 4 is 11.8 Å². The summed E-state index contributed by atoms with van der Waals surface area (Å²) in [7, 11) is 0. The molecule has 6 nitrogen and oxygen atoms in total. The Balaban J connectivity index is 1.76. The molecular formula is C21H21F4N3O3. The Kier molecular flexibility index (Phi) is 6.77. The van der Waals surface area contributed by atoms with Crippen molar-refractivity contribution in [2.45, 2.75) is 38.5 Å². The topological polar surface area (TPSA) is 71.5 Å². The van der Waals surface area contributed by atoms with Crippen LogP contribution < -0.4 is 10.1 Å². The molecule has 2 amide bonds. The van der Waals surface area contributed by atoms with Crippen LogP contribution >= 0.6 is 0 Å². The van der Waals surface area contributed by atoms with Gasteiger partial charge in [-0.05, 0) is 43.2 Å². The zero-order valence-electron chi connectivity index (χ0n) is 16.7. The van der Waals surface area contributed by atoms with Gasteiger partial charge >= 0.3 is 6.18 Å². The monoisotopic (exact) mass is 439 g/mol. The Morgan fingerprint density at radius 1 is 1.26 bits per heavy atom. The second-order valence-electron chi connectivity index (χ2n) is 7.16. The lowest BCUT2D eigenvalue weighted by Gasteiger charge is -2.25. The van der Waals surface area contributed by atoms with Crippen LogP contribution in [0.2, 0.25) is 0 Å². The van der Waals surface area contributed by atoms with Crippen LogP contribution in [0.25, 0.3) is 0 Å². The maximum absolute atomic E-state index is 13.6. The van der Waals surface area contributed by atoms with Crippen LogP contribution in [-0.4, -0.2) is 34.8 Å². The van der Waals surface area contributed by atoms with Gasteiger partial charge in [0, 0.05) is 31.8 Å². The van der Waals surface area contributed by atoms with Gasteiger partial charge < -0.3 is 15.0 Å². The van der Waals surface area contributed by atoms with Crippen LogP contribution in [0.3, 0.4) is 0 Å². The Labute approximate surface area is 176 Å². The third-order valence-corrected chi connectivity index (χ3v) is 4.93. The number of ether oxygens (including phenoxy) is 1. The Morgan fingerprint density at radius 2 is 1.97 bits per heavy atom. The first kappa shape index (κ1) is 22.5. The number of pyridine rings is 1. The number of benzene rings is 1. The average Bonchev–Trinajstić information content (AvgIpc) is 3.21. The molecule has 1 aromatic carbocycles. The van der Waals surface area contributed by atoms with E-state index in [-0.39, 0.29) is 24.4 Å². The van der Waals surface area contributed by atoms with Crippen molar-refractivity contribution in [2.75, 3.05) is 13.2 Å². The fraction of sp³-hybridized carbons (Fsp3) is 0.381. The molecule has 0 spiro atoms. The number of hydrogen-bond donors (Lipinski definition) is 1. The highest BCUT2D eigenvalue weighted by atomic mass is 19.4. The molecule has 1 fully saturated rings. The van der Waals surface area contributed by atoms with Crippen molar-refractivity contribution < 1.29 is 31.9 Å². The first-order valence-electron chi connectivity index (χ1n) is 9.63. The van der Waals surface area contributed by atoms with E-state index in [0.717, 1.165) is 12.3 Å². The van der Waals surface area contributed by atoms with E-state index in [9.17, 15) is 27.2 Å². The molecule has 2 heterocycles. The van der Waals surface area contributed by atoms with Gasteiger partial charge in [0.15, 0.2) is 6.61 Å². The summed E-state index contributed by atoms with van der Waals surface area (Å²) in [5.74, 6) is -0.979. The lowest BCUT2D eigenvalue weighted by molar-refractivity contribution is -0.138. The fourth-order valence-corrected chi connectivity index (χ4v) is 3.44. The molecule has 1 aliphatic heterocycles. The third kappa shape index (κ3) is 5.71. The second-order valence-corrected chi connectivity index (χ2v) is 7.16. The molecule has 1 N–H and O–H groups in total. The number of nitrogens with one attached hydrogen (secondary N) is 1. The number of alkyl halides is 3. The average molecular weight is 439 g/mol. The molecule has 3 rings (SSSR count). The third-order valence-electron chi connectivity index (χ3n) is 4.93. The largest absolute Gasteiger partial charge is 0.484 e. The van der Waals surface area contributed by atoms with Crippen LogP contribution in [0.1, 0.15) is 42.6 Å². The summed E-state index contributed by atoms with van der Waals surface area (Å²) in [6, 6.07) is 5.49. The number of rotatable bonds is 6. The van der Waals surface area contributed by atoms with E-state index >= 15 is 0 Å². The van der Waals surface area contributed by atoms with Crippen molar-refractivity contribution in [3.05, 3.63) is 59.2 Å². The first-order chi connectivity index (χ1) is 14.6. The molecule has 1 aliphatic rings. The molecule has 2 aromatic rings. The highest BCUT2D eigenvalue weighted by Gasteiger charge is 2.37. The molecule has 0 saturated carbocycles. The number of amides is 2. The molecule has 1 aromatic heterocycles. The lowest BCUT2D eigenvalue weighted by Crippen LogP contribution is -2.35. The molecule has 31 heavy (non-hydrogen) atoms. The number of halogens is 4. The van der Waals surface area contributed by atoms with Crippen molar-refractivity contribution in [1.29, 1.82) is 0 Å². The summed E-state index contributed by atoms with van der Waals surface area (Å²) >= 11 is 0. The quantitative estimate of drug-likeness (QED) is 0.698. The van der Waals surface area contributed by atoms with Crippen LogP contribution in [0.4, 0.5) is 17.6 Å². The molecule has 0 unspecified atom stereocenters. The van der Waals surface area contributed by atoms with Crippen LogP contribution in [0.15, 0.2) is 36.5 Å². The molecule has 1 atom stereocenters. The smallest absolute Gasteiger partial charge is 0.416 e. The normalized spacial score (nSPS) is 16.3. The maximum Gasteiger partial charge on any atom is 0.416 e. The van der Waals surface area contributed by atoms with Crippen molar-refractivity contribution in [3.63, 3.8) is 0 Å². The van der Waals surface area contributed by atoms with Crippen LogP contribution in [0.5, 0.6) is 5.75 Å². The van der Waals surface area contributed by atoms with Gasteiger partial charge in [0.2, 0.25) is 5.91 Å². The van der Waals surface area contributed by atoms with E-state index in [1.165, 1.54) is 36.1 Å². The summed E-state index contributed by atoms with van der Waals surface area (Å²) in [6.07, 6.45) is -2.46. The highest BCUT2D eigenvalue weighted by Crippen LogP contribution is 2.36. The van der Waals surface area contributed by atoms with Crippen LogP contribution in [0, 0.1) is 5.82 Å². The molecule has 166 valence electrons. The molecule has 0 radical (unpaired) electrons. The lowest BCUT2D eigenvalue weighted by atomic mass is 10.0. The van der Waals surface area contributed by atoms with Gasteiger partial charge in [0.05, 0.1) is 17.3 Å². The number of likely N-dealkylation sites (tertiary alicyclic amines) is 1. The predicted molar refractivity (Wildman–Crippen MR) is 102 cm³/mol. The van der Waals surface area contributed by atoms with E-state index in [1.54, 1.807) is 0 Å². The Bertz CT molecular complexity index is 948. The van der Waals surface area contributed by atoms with Gasteiger partial charge in [-0.25, -0.2) is 4.39 Å². The van der Waals surface area contributed by atoms with Gasteiger partial charge in [0.1, 0.15) is 11.6 Å². The molecule has 0 aliphatic carbocycles. The van der Waals surface area contributed by atoms with Gasteiger partial charge in [0.25, 0.3) is 5.91 Å².